The smallest absolute Gasteiger partial charge is 0.399 e. The number of hydrogen-bond acceptors (Lipinski definition) is 3. The molecule has 8 heteroatoms. The molecule has 1 heterocycles. The van der Waals surface area contributed by atoms with E-state index in [1.54, 1.807) is 6.08 Å². The average Bonchev–Trinajstić information content (AvgIpc) is 2.52. The van der Waals surface area contributed by atoms with Crippen molar-refractivity contribution in [1.29, 1.82) is 0 Å². The van der Waals surface area contributed by atoms with Crippen LogP contribution in [0.2, 0.25) is 0 Å². The van der Waals surface area contributed by atoms with Gasteiger partial charge in [-0.1, -0.05) is 12.7 Å². The number of allylic oxidation sites excluding steroid dienone is 3. The Morgan fingerprint density at radius 3 is 2.29 bits per heavy atom. The van der Waals surface area contributed by atoms with Gasteiger partial charge in [0.1, 0.15) is 18.5 Å². The minimum absolute atomic E-state index is 0.172. The van der Waals surface area contributed by atoms with E-state index in [0.717, 1.165) is 6.08 Å². The first-order valence-electron chi connectivity index (χ1n) is 7.61. The third kappa shape index (κ3) is 4.10. The predicted molar refractivity (Wildman–Crippen MR) is 82.9 cm³/mol. The lowest BCUT2D eigenvalue weighted by molar-refractivity contribution is -0.179. The van der Waals surface area contributed by atoms with Crippen molar-refractivity contribution in [1.82, 2.24) is 0 Å². The van der Waals surface area contributed by atoms with Gasteiger partial charge < -0.3 is 14.0 Å². The maximum absolute atomic E-state index is 14.4. The molecule has 0 N–H and O–H groups in total. The highest BCUT2D eigenvalue weighted by Gasteiger charge is 2.52. The third-order valence-corrected chi connectivity index (χ3v) is 4.46. The van der Waals surface area contributed by atoms with Crippen LogP contribution in [-0.4, -0.2) is 37.2 Å². The van der Waals surface area contributed by atoms with Gasteiger partial charge in [-0.05, 0) is 51.2 Å². The Kier molecular flexibility index (Phi) is 5.05. The van der Waals surface area contributed by atoms with E-state index in [1.807, 2.05) is 27.7 Å². The Bertz CT molecular complexity index is 562. The number of ether oxygens (including phenoxy) is 1. The van der Waals surface area contributed by atoms with E-state index < -0.39 is 43.0 Å². The fourth-order valence-electron chi connectivity index (χ4n) is 2.36. The summed E-state index contributed by atoms with van der Waals surface area (Å²) >= 11 is 0. The molecule has 1 fully saturated rings. The molecule has 0 bridgehead atoms. The van der Waals surface area contributed by atoms with E-state index in [4.69, 9.17) is 9.31 Å². The molecule has 1 atom stereocenters. The Morgan fingerprint density at radius 2 is 1.79 bits per heavy atom. The summed E-state index contributed by atoms with van der Waals surface area (Å²) in [6, 6.07) is 0. The number of hydrogen-bond donors (Lipinski definition) is 0. The molecule has 0 aromatic heterocycles. The van der Waals surface area contributed by atoms with Gasteiger partial charge in [-0.15, -0.1) is 0 Å². The monoisotopic (exact) mass is 348 g/mol. The lowest BCUT2D eigenvalue weighted by Gasteiger charge is -2.32. The molecule has 24 heavy (non-hydrogen) atoms. The van der Waals surface area contributed by atoms with E-state index in [9.17, 15) is 17.6 Å². The van der Waals surface area contributed by atoms with Gasteiger partial charge in [0.2, 0.25) is 0 Å². The van der Waals surface area contributed by atoms with E-state index in [1.165, 1.54) is 0 Å². The van der Waals surface area contributed by atoms with Gasteiger partial charge in [0.05, 0.1) is 11.2 Å². The molecule has 3 nitrogen and oxygen atoms in total. The minimum Gasteiger partial charge on any atom is -0.399 e. The fraction of sp³-hybridized carbons (Fsp3) is 0.625. The Hall–Kier alpha value is -1.12. The van der Waals surface area contributed by atoms with Gasteiger partial charge >= 0.3 is 13.3 Å². The summed E-state index contributed by atoms with van der Waals surface area (Å²) in [6.45, 7) is 9.53. The molecule has 0 radical (unpaired) electrons. The van der Waals surface area contributed by atoms with Gasteiger partial charge in [0.15, 0.2) is 0 Å². The second-order valence-electron chi connectivity index (χ2n) is 6.99. The summed E-state index contributed by atoms with van der Waals surface area (Å²) in [7, 11) is -0.796. The second-order valence-corrected chi connectivity index (χ2v) is 6.99. The van der Waals surface area contributed by atoms with Gasteiger partial charge in [0.25, 0.3) is 0 Å². The second kappa shape index (κ2) is 6.31. The standard InChI is InChI=1S/C16H21BF4O3/c1-10-6-7-11(17-23-14(2,3)15(4,5)24-17)8-12(18)13(10)22-9-16(19,20)21/h7-8,13H,1,6,9H2,2-5H3. The van der Waals surface area contributed by atoms with E-state index in [-0.39, 0.29) is 12.0 Å². The van der Waals surface area contributed by atoms with Crippen LogP contribution in [0.4, 0.5) is 17.6 Å². The average molecular weight is 348 g/mol. The molecule has 0 aromatic carbocycles. The van der Waals surface area contributed by atoms with Crippen LogP contribution in [-0.2, 0) is 14.0 Å². The highest BCUT2D eigenvalue weighted by Crippen LogP contribution is 2.40. The molecule has 0 amide bonds. The first-order chi connectivity index (χ1) is 10.8. The van der Waals surface area contributed by atoms with Crippen molar-refractivity contribution in [3.63, 3.8) is 0 Å². The quantitative estimate of drug-likeness (QED) is 0.432. The molecule has 1 aliphatic heterocycles. The summed E-state index contributed by atoms with van der Waals surface area (Å²) in [5.74, 6) is -0.845. The molecule has 0 saturated carbocycles. The lowest BCUT2D eigenvalue weighted by Crippen LogP contribution is -2.41. The maximum atomic E-state index is 14.4. The molecular formula is C16H21BF4O3. The van der Waals surface area contributed by atoms with Crippen LogP contribution in [0, 0.1) is 0 Å². The van der Waals surface area contributed by atoms with Crippen LogP contribution in [0.3, 0.4) is 0 Å². The van der Waals surface area contributed by atoms with E-state index in [2.05, 4.69) is 11.3 Å². The Balaban J connectivity index is 2.17. The first-order valence-corrected chi connectivity index (χ1v) is 7.61. The van der Waals surface area contributed by atoms with E-state index in [0.29, 0.717) is 5.47 Å². The zero-order valence-corrected chi connectivity index (χ0v) is 14.2. The normalized spacial score (nSPS) is 26.9. The summed E-state index contributed by atoms with van der Waals surface area (Å²) < 4.78 is 67.6. The first kappa shape index (κ1) is 19.2. The molecule has 2 aliphatic rings. The Labute approximate surface area is 139 Å². The van der Waals surface area contributed by atoms with Crippen molar-refractivity contribution < 1.29 is 31.6 Å². The van der Waals surface area contributed by atoms with Gasteiger partial charge in [0, 0.05) is 0 Å². The highest BCUT2D eigenvalue weighted by molar-refractivity contribution is 6.55. The predicted octanol–water partition coefficient (Wildman–Crippen LogP) is 4.31. The summed E-state index contributed by atoms with van der Waals surface area (Å²) in [6.07, 6.45) is -3.04. The van der Waals surface area contributed by atoms with Crippen LogP contribution in [0.5, 0.6) is 0 Å². The largest absolute Gasteiger partial charge is 0.494 e. The van der Waals surface area contributed by atoms with Crippen LogP contribution in [0.1, 0.15) is 34.1 Å². The SMILES string of the molecule is C=C1CC=C(B2OC(C)(C)C(C)(C)O2)C=C(F)C1OCC(F)(F)F. The minimum atomic E-state index is -4.53. The maximum Gasteiger partial charge on any atom is 0.494 e. The molecule has 2 rings (SSSR count). The molecular weight excluding hydrogens is 327 g/mol. The topological polar surface area (TPSA) is 27.7 Å². The van der Waals surface area contributed by atoms with Crippen molar-refractivity contribution in [2.24, 2.45) is 0 Å². The van der Waals surface area contributed by atoms with Gasteiger partial charge in [-0.3, -0.25) is 0 Å². The Morgan fingerprint density at radius 1 is 1.25 bits per heavy atom. The summed E-state index contributed by atoms with van der Waals surface area (Å²) in [4.78, 5) is 0. The van der Waals surface area contributed by atoms with Crippen LogP contribution < -0.4 is 0 Å². The fourth-order valence-corrected chi connectivity index (χ4v) is 2.36. The van der Waals surface area contributed by atoms with Crippen molar-refractivity contribution in [3.05, 3.63) is 35.6 Å². The van der Waals surface area contributed by atoms with Gasteiger partial charge in [-0.25, -0.2) is 4.39 Å². The van der Waals surface area contributed by atoms with Crippen LogP contribution in [0.15, 0.2) is 35.6 Å². The van der Waals surface area contributed by atoms with Crippen molar-refractivity contribution in [2.75, 3.05) is 6.61 Å². The van der Waals surface area contributed by atoms with Crippen molar-refractivity contribution in [3.8, 4) is 0 Å². The third-order valence-electron chi connectivity index (χ3n) is 4.46. The zero-order valence-electron chi connectivity index (χ0n) is 14.2. The van der Waals surface area contributed by atoms with Gasteiger partial charge in [-0.2, -0.15) is 13.2 Å². The number of halogens is 4. The molecule has 0 aromatic rings. The lowest BCUT2D eigenvalue weighted by atomic mass is 9.77. The zero-order chi connectivity index (χ0) is 18.3. The van der Waals surface area contributed by atoms with Crippen LogP contribution in [0.25, 0.3) is 0 Å². The molecule has 1 aliphatic carbocycles. The summed E-state index contributed by atoms with van der Waals surface area (Å²) in [5, 5.41) is 0. The van der Waals surface area contributed by atoms with Crippen LogP contribution >= 0.6 is 0 Å². The van der Waals surface area contributed by atoms with Crippen molar-refractivity contribution in [2.45, 2.75) is 57.6 Å². The number of rotatable bonds is 3. The number of alkyl halides is 3. The molecule has 1 unspecified atom stereocenters. The molecule has 0 spiro atoms. The van der Waals surface area contributed by atoms with Crippen molar-refractivity contribution >= 4 is 7.12 Å². The molecule has 134 valence electrons. The van der Waals surface area contributed by atoms with E-state index >= 15 is 0 Å². The summed E-state index contributed by atoms with van der Waals surface area (Å²) in [5.41, 5.74) is -0.582. The molecule has 1 saturated heterocycles. The highest BCUT2D eigenvalue weighted by atomic mass is 19.4.